The van der Waals surface area contributed by atoms with Crippen molar-refractivity contribution in [1.82, 2.24) is 10.4 Å². The number of ether oxygens (including phenoxy) is 1. The normalized spacial score (nSPS) is 16.5. The summed E-state index contributed by atoms with van der Waals surface area (Å²) in [5.41, 5.74) is 4.14. The van der Waals surface area contributed by atoms with Crippen LogP contribution in [0.15, 0.2) is 35.4 Å². The molecule has 2 heterocycles. The predicted molar refractivity (Wildman–Crippen MR) is 91.1 cm³/mol. The van der Waals surface area contributed by atoms with Crippen molar-refractivity contribution in [3.63, 3.8) is 0 Å². The van der Waals surface area contributed by atoms with Crippen LogP contribution in [0.25, 0.3) is 10.9 Å². The van der Waals surface area contributed by atoms with Crippen LogP contribution in [0.2, 0.25) is 0 Å². The molecular weight excluding hydrogens is 351 g/mol. The Morgan fingerprint density at radius 1 is 1.42 bits per heavy atom. The molecule has 8 heteroatoms. The Labute approximate surface area is 152 Å². The number of quaternary nitrogens is 1. The largest absolute Gasteiger partial charge is 1.00 e. The number of hydrazone groups is 1. The van der Waals surface area contributed by atoms with Crippen LogP contribution in [0.3, 0.4) is 0 Å². The van der Waals surface area contributed by atoms with Crippen molar-refractivity contribution in [2.24, 2.45) is 5.10 Å². The molecule has 3 N–H and O–H groups in total. The van der Waals surface area contributed by atoms with Gasteiger partial charge in [-0.3, -0.25) is 4.79 Å². The lowest BCUT2D eigenvalue weighted by Gasteiger charge is -2.04. The zero-order valence-corrected chi connectivity index (χ0v) is 14.8. The second-order valence-corrected chi connectivity index (χ2v) is 5.30. The summed E-state index contributed by atoms with van der Waals surface area (Å²) in [6.45, 7) is 1.01. The Balaban J connectivity index is 0.00000144. The van der Waals surface area contributed by atoms with Gasteiger partial charge in [-0.25, -0.2) is 10.4 Å². The highest BCUT2D eigenvalue weighted by atomic mass is 35.5. The number of carbonyl (C=O) groups is 1. The van der Waals surface area contributed by atoms with Gasteiger partial charge in [0.2, 0.25) is 0 Å². The van der Waals surface area contributed by atoms with Crippen LogP contribution < -0.4 is 27.9 Å². The second-order valence-electron chi connectivity index (χ2n) is 5.30. The van der Waals surface area contributed by atoms with E-state index >= 15 is 0 Å². The predicted octanol–water partition coefficient (Wildman–Crippen LogP) is -2.15. The van der Waals surface area contributed by atoms with E-state index in [1.165, 1.54) is 0 Å². The second kappa shape index (κ2) is 9.42. The van der Waals surface area contributed by atoms with Crippen molar-refractivity contribution in [3.05, 3.63) is 36.0 Å². The molecule has 1 saturated heterocycles. The molecule has 24 heavy (non-hydrogen) atoms. The highest BCUT2D eigenvalue weighted by Crippen LogP contribution is 2.19. The molecule has 1 atom stereocenters. The van der Waals surface area contributed by atoms with E-state index in [1.54, 1.807) is 13.3 Å². The van der Waals surface area contributed by atoms with Crippen LogP contribution in [-0.4, -0.2) is 36.8 Å². The molecule has 6 nitrogen and oxygen atoms in total. The maximum Gasteiger partial charge on any atom is 0.298 e. The van der Waals surface area contributed by atoms with E-state index in [0.29, 0.717) is 5.69 Å². The fourth-order valence-corrected chi connectivity index (χ4v) is 2.58. The van der Waals surface area contributed by atoms with Crippen LogP contribution >= 0.6 is 12.4 Å². The minimum absolute atomic E-state index is 0. The summed E-state index contributed by atoms with van der Waals surface area (Å²) in [5, 5.41) is 7.04. The molecule has 0 aliphatic carbocycles. The number of nitrogens with two attached hydrogens (primary N) is 1. The van der Waals surface area contributed by atoms with Crippen molar-refractivity contribution in [1.29, 1.82) is 0 Å². The summed E-state index contributed by atoms with van der Waals surface area (Å²) in [6.07, 6.45) is 3.56. The van der Waals surface area contributed by atoms with Crippen molar-refractivity contribution >= 4 is 35.4 Å². The Hall–Kier alpha value is -1.89. The van der Waals surface area contributed by atoms with Crippen LogP contribution in [-0.2, 0) is 4.79 Å². The Morgan fingerprint density at radius 2 is 2.25 bits per heavy atom. The SMILES string of the molecule is COc1ccc2nc(/C=N/NC(=O)[C@@H]3CCC[NH2+]3)ccc2c1.Cl.[Cl-]. The van der Waals surface area contributed by atoms with Crippen LogP contribution in [0.1, 0.15) is 18.5 Å². The average molecular weight is 371 g/mol. The monoisotopic (exact) mass is 370 g/mol. The molecule has 0 radical (unpaired) electrons. The number of pyridine rings is 1. The Morgan fingerprint density at radius 3 is 2.96 bits per heavy atom. The van der Waals surface area contributed by atoms with Gasteiger partial charge in [-0.1, -0.05) is 6.07 Å². The van der Waals surface area contributed by atoms with Crippen LogP contribution in [0.5, 0.6) is 5.75 Å². The quantitative estimate of drug-likeness (QED) is 0.475. The standard InChI is InChI=1S/C16H18N4O2.2ClH/c1-22-13-6-7-14-11(9-13)4-5-12(19-14)10-18-20-16(21)15-3-2-8-17-15;;/h4-7,9-10,15,17H,2-3,8H2,1H3,(H,20,21);2*1H/b18-10+;;/t15-;;/m0../s1. The molecule has 1 aliphatic rings. The van der Waals surface area contributed by atoms with E-state index in [0.717, 1.165) is 36.0 Å². The van der Waals surface area contributed by atoms with Gasteiger partial charge in [0.05, 0.1) is 31.1 Å². The summed E-state index contributed by atoms with van der Waals surface area (Å²) >= 11 is 0. The fraction of sp³-hybridized carbons (Fsp3) is 0.312. The topological polar surface area (TPSA) is 80.2 Å². The number of amides is 1. The molecule has 1 amide bonds. The Kier molecular flexibility index (Phi) is 7.91. The number of rotatable bonds is 4. The molecule has 0 spiro atoms. The number of carbonyl (C=O) groups excluding carboxylic acids is 1. The maximum absolute atomic E-state index is 11.8. The smallest absolute Gasteiger partial charge is 0.298 e. The summed E-state index contributed by atoms with van der Waals surface area (Å²) in [4.78, 5) is 16.3. The highest BCUT2D eigenvalue weighted by molar-refractivity contribution is 5.87. The molecular formula is C16H20Cl2N4O2. The number of methoxy groups -OCH3 is 1. The molecule has 1 aliphatic heterocycles. The van der Waals surface area contributed by atoms with Crippen molar-refractivity contribution in [2.75, 3.05) is 13.7 Å². The molecule has 1 fully saturated rings. The lowest BCUT2D eigenvalue weighted by atomic mass is 10.2. The number of nitrogens with one attached hydrogen (secondary N) is 1. The van der Waals surface area contributed by atoms with Crippen molar-refractivity contribution in [3.8, 4) is 5.75 Å². The van der Waals surface area contributed by atoms with Gasteiger partial charge >= 0.3 is 0 Å². The number of hydrogen-bond acceptors (Lipinski definition) is 4. The minimum atomic E-state index is -0.0423. The first-order chi connectivity index (χ1) is 10.8. The van der Waals surface area contributed by atoms with Gasteiger partial charge in [-0.05, 0) is 24.3 Å². The molecule has 0 unspecified atom stereocenters. The summed E-state index contributed by atoms with van der Waals surface area (Å²) < 4.78 is 5.19. The molecule has 0 saturated carbocycles. The van der Waals surface area contributed by atoms with E-state index in [4.69, 9.17) is 4.74 Å². The third kappa shape index (κ3) is 4.80. The number of fused-ring (bicyclic) bond motifs is 1. The van der Waals surface area contributed by atoms with Crippen LogP contribution in [0, 0.1) is 0 Å². The summed E-state index contributed by atoms with van der Waals surface area (Å²) in [7, 11) is 1.64. The number of halogens is 2. The van der Waals surface area contributed by atoms with E-state index in [2.05, 4.69) is 15.5 Å². The zero-order chi connectivity index (χ0) is 15.4. The first-order valence-corrected chi connectivity index (χ1v) is 7.37. The zero-order valence-electron chi connectivity index (χ0n) is 13.2. The van der Waals surface area contributed by atoms with Gasteiger partial charge < -0.3 is 22.5 Å². The van der Waals surface area contributed by atoms with Crippen molar-refractivity contribution < 1.29 is 27.3 Å². The van der Waals surface area contributed by atoms with Gasteiger partial charge in [-0.15, -0.1) is 12.4 Å². The minimum Gasteiger partial charge on any atom is -1.00 e. The van der Waals surface area contributed by atoms with Gasteiger partial charge in [-0.2, -0.15) is 5.10 Å². The molecule has 1 aromatic heterocycles. The van der Waals surface area contributed by atoms with E-state index < -0.39 is 0 Å². The number of benzene rings is 1. The first kappa shape index (κ1) is 20.2. The summed E-state index contributed by atoms with van der Waals surface area (Å²) in [6, 6.07) is 9.51. The molecule has 1 aromatic carbocycles. The third-order valence-corrected chi connectivity index (χ3v) is 3.80. The van der Waals surface area contributed by atoms with Gasteiger partial charge in [0.15, 0.2) is 6.04 Å². The van der Waals surface area contributed by atoms with E-state index in [1.807, 2.05) is 35.6 Å². The van der Waals surface area contributed by atoms with Gasteiger partial charge in [0, 0.05) is 18.2 Å². The van der Waals surface area contributed by atoms with Crippen LogP contribution in [0.4, 0.5) is 0 Å². The third-order valence-electron chi connectivity index (χ3n) is 3.80. The highest BCUT2D eigenvalue weighted by Gasteiger charge is 2.25. The molecule has 2 aromatic rings. The lowest BCUT2D eigenvalue weighted by molar-refractivity contribution is -0.657. The Bertz CT molecular complexity index is 718. The number of nitrogens with zero attached hydrogens (tertiary/aromatic N) is 2. The summed E-state index contributed by atoms with van der Waals surface area (Å²) in [5.74, 6) is 0.759. The maximum atomic E-state index is 11.8. The molecule has 130 valence electrons. The van der Waals surface area contributed by atoms with Gasteiger partial charge in [0.1, 0.15) is 5.75 Å². The lowest BCUT2D eigenvalue weighted by Crippen LogP contribution is -3.00. The van der Waals surface area contributed by atoms with Crippen molar-refractivity contribution in [2.45, 2.75) is 18.9 Å². The van der Waals surface area contributed by atoms with E-state index in [9.17, 15) is 4.79 Å². The molecule has 3 rings (SSSR count). The number of hydrogen-bond donors (Lipinski definition) is 2. The first-order valence-electron chi connectivity index (χ1n) is 7.37. The fourth-order valence-electron chi connectivity index (χ4n) is 2.58. The van der Waals surface area contributed by atoms with Gasteiger partial charge in [0.25, 0.3) is 5.91 Å². The number of aromatic nitrogens is 1. The van der Waals surface area contributed by atoms with E-state index in [-0.39, 0.29) is 36.8 Å². The average Bonchev–Trinajstić information content (AvgIpc) is 3.08. The molecule has 0 bridgehead atoms.